The van der Waals surface area contributed by atoms with Crippen LogP contribution >= 0.6 is 11.6 Å². The third-order valence-electron chi connectivity index (χ3n) is 3.58. The van der Waals surface area contributed by atoms with Crippen LogP contribution in [0.25, 0.3) is 11.3 Å². The number of carbonyl (C=O) groups is 1. The molecule has 3 rings (SSSR count). The van der Waals surface area contributed by atoms with E-state index >= 15 is 0 Å². The number of aromatic nitrogens is 2. The van der Waals surface area contributed by atoms with Gasteiger partial charge >= 0.3 is 0 Å². The number of rotatable bonds is 4. The van der Waals surface area contributed by atoms with Crippen molar-refractivity contribution in [3.05, 3.63) is 81.6 Å². The fraction of sp³-hybridized carbons (Fsp3) is 0.0526. The van der Waals surface area contributed by atoms with Gasteiger partial charge in [-0.15, -0.1) is 0 Å². The standard InChI is InChI=1S/C19H13ClN4O2/c20-15-6-4-14(5-7-15)17-8-9-19(26)24(23-17)12-18(25)22-16-3-1-2-13(10-16)11-21/h1-10H,12H2,(H,22,25). The maximum Gasteiger partial charge on any atom is 0.267 e. The number of nitrogens with zero attached hydrogens (tertiary/aromatic N) is 3. The molecule has 0 unspecified atom stereocenters. The molecule has 7 heteroatoms. The summed E-state index contributed by atoms with van der Waals surface area (Å²) < 4.78 is 1.09. The van der Waals surface area contributed by atoms with Crippen LogP contribution in [0.5, 0.6) is 0 Å². The van der Waals surface area contributed by atoms with Crippen LogP contribution in [0.3, 0.4) is 0 Å². The number of carbonyl (C=O) groups excluding carboxylic acids is 1. The van der Waals surface area contributed by atoms with Gasteiger partial charge in [-0.05, 0) is 36.4 Å². The molecule has 0 saturated heterocycles. The third kappa shape index (κ3) is 4.15. The van der Waals surface area contributed by atoms with Crippen molar-refractivity contribution in [2.75, 3.05) is 5.32 Å². The minimum Gasteiger partial charge on any atom is -0.324 e. The molecular formula is C19H13ClN4O2. The number of nitrogens with one attached hydrogen (secondary N) is 1. The summed E-state index contributed by atoms with van der Waals surface area (Å²) in [7, 11) is 0. The topological polar surface area (TPSA) is 87.8 Å². The molecule has 1 heterocycles. The van der Waals surface area contributed by atoms with E-state index in [-0.39, 0.29) is 12.1 Å². The summed E-state index contributed by atoms with van der Waals surface area (Å²) >= 11 is 5.87. The van der Waals surface area contributed by atoms with Gasteiger partial charge in [0.1, 0.15) is 6.54 Å². The lowest BCUT2D eigenvalue weighted by Crippen LogP contribution is -2.29. The van der Waals surface area contributed by atoms with E-state index in [4.69, 9.17) is 16.9 Å². The molecule has 0 radical (unpaired) electrons. The second kappa shape index (κ2) is 7.64. The average Bonchev–Trinajstić information content (AvgIpc) is 2.64. The molecule has 26 heavy (non-hydrogen) atoms. The molecule has 0 aliphatic heterocycles. The Morgan fingerprint density at radius 2 is 1.92 bits per heavy atom. The fourth-order valence-corrected chi connectivity index (χ4v) is 2.47. The van der Waals surface area contributed by atoms with E-state index in [2.05, 4.69) is 10.4 Å². The van der Waals surface area contributed by atoms with Crippen molar-refractivity contribution in [2.24, 2.45) is 0 Å². The molecular weight excluding hydrogens is 352 g/mol. The normalized spacial score (nSPS) is 10.2. The van der Waals surface area contributed by atoms with Crippen LogP contribution in [0.4, 0.5) is 5.69 Å². The lowest BCUT2D eigenvalue weighted by molar-refractivity contribution is -0.117. The van der Waals surface area contributed by atoms with E-state index in [0.29, 0.717) is 22.0 Å². The van der Waals surface area contributed by atoms with Gasteiger partial charge in [0.25, 0.3) is 5.56 Å². The lowest BCUT2D eigenvalue weighted by Gasteiger charge is -2.08. The van der Waals surface area contributed by atoms with Crippen molar-refractivity contribution in [3.8, 4) is 17.3 Å². The summed E-state index contributed by atoms with van der Waals surface area (Å²) in [6.07, 6.45) is 0. The summed E-state index contributed by atoms with van der Waals surface area (Å²) in [5.74, 6) is -0.414. The molecule has 0 aliphatic carbocycles. The van der Waals surface area contributed by atoms with Gasteiger partial charge in [0.2, 0.25) is 5.91 Å². The second-order valence-corrected chi connectivity index (χ2v) is 5.90. The van der Waals surface area contributed by atoms with E-state index in [1.165, 1.54) is 6.07 Å². The van der Waals surface area contributed by atoms with Gasteiger partial charge in [0.05, 0.1) is 17.3 Å². The highest BCUT2D eigenvalue weighted by Gasteiger charge is 2.09. The predicted molar refractivity (Wildman–Crippen MR) is 98.7 cm³/mol. The van der Waals surface area contributed by atoms with Crippen molar-refractivity contribution < 1.29 is 4.79 Å². The number of nitriles is 1. The highest BCUT2D eigenvalue weighted by atomic mass is 35.5. The summed E-state index contributed by atoms with van der Waals surface area (Å²) in [5.41, 5.74) is 1.87. The van der Waals surface area contributed by atoms with Gasteiger partial charge in [0, 0.05) is 22.3 Å². The summed E-state index contributed by atoms with van der Waals surface area (Å²) in [5, 5.41) is 16.4. The molecule has 0 saturated carbocycles. The summed E-state index contributed by atoms with van der Waals surface area (Å²) in [4.78, 5) is 24.2. The Bertz CT molecular complexity index is 1050. The van der Waals surface area contributed by atoms with Crippen LogP contribution in [0.1, 0.15) is 5.56 Å². The molecule has 6 nitrogen and oxygen atoms in total. The third-order valence-corrected chi connectivity index (χ3v) is 3.83. The molecule has 0 atom stereocenters. The molecule has 128 valence electrons. The van der Waals surface area contributed by atoms with E-state index < -0.39 is 5.91 Å². The second-order valence-electron chi connectivity index (χ2n) is 5.46. The Morgan fingerprint density at radius 1 is 1.15 bits per heavy atom. The fourth-order valence-electron chi connectivity index (χ4n) is 2.34. The first-order valence-corrected chi connectivity index (χ1v) is 8.07. The van der Waals surface area contributed by atoms with Gasteiger partial charge < -0.3 is 5.32 Å². The number of amides is 1. The van der Waals surface area contributed by atoms with Crippen LogP contribution in [-0.4, -0.2) is 15.7 Å². The number of benzene rings is 2. The molecule has 1 amide bonds. The Balaban J connectivity index is 1.79. The average molecular weight is 365 g/mol. The zero-order chi connectivity index (χ0) is 18.5. The number of halogens is 1. The minimum absolute atomic E-state index is 0.239. The van der Waals surface area contributed by atoms with Gasteiger partial charge in [0.15, 0.2) is 0 Å². The highest BCUT2D eigenvalue weighted by molar-refractivity contribution is 6.30. The zero-order valence-electron chi connectivity index (χ0n) is 13.5. The van der Waals surface area contributed by atoms with Crippen molar-refractivity contribution in [2.45, 2.75) is 6.54 Å². The number of hydrogen-bond acceptors (Lipinski definition) is 4. The molecule has 2 aromatic carbocycles. The summed E-state index contributed by atoms with van der Waals surface area (Å²) in [6, 6.07) is 18.5. The quantitative estimate of drug-likeness (QED) is 0.770. The lowest BCUT2D eigenvalue weighted by atomic mass is 10.1. The van der Waals surface area contributed by atoms with Crippen molar-refractivity contribution in [3.63, 3.8) is 0 Å². The van der Waals surface area contributed by atoms with Crippen LogP contribution in [0.2, 0.25) is 5.02 Å². The Labute approximate surface area is 154 Å². The molecule has 1 aromatic heterocycles. The predicted octanol–water partition coefficient (Wildman–Crippen LogP) is 3.07. The van der Waals surface area contributed by atoms with Crippen LogP contribution in [0, 0.1) is 11.3 Å². The van der Waals surface area contributed by atoms with Crippen molar-refractivity contribution in [1.29, 1.82) is 5.26 Å². The van der Waals surface area contributed by atoms with Crippen molar-refractivity contribution in [1.82, 2.24) is 9.78 Å². The smallest absolute Gasteiger partial charge is 0.267 e. The maximum atomic E-state index is 12.2. The molecule has 3 aromatic rings. The van der Waals surface area contributed by atoms with E-state index in [9.17, 15) is 9.59 Å². The first-order chi connectivity index (χ1) is 12.5. The summed E-state index contributed by atoms with van der Waals surface area (Å²) in [6.45, 7) is -0.239. The minimum atomic E-state index is -0.414. The largest absolute Gasteiger partial charge is 0.324 e. The number of hydrogen-bond donors (Lipinski definition) is 1. The molecule has 1 N–H and O–H groups in total. The molecule has 0 fully saturated rings. The van der Waals surface area contributed by atoms with Crippen LogP contribution in [-0.2, 0) is 11.3 Å². The van der Waals surface area contributed by atoms with Crippen molar-refractivity contribution >= 4 is 23.2 Å². The van der Waals surface area contributed by atoms with Crippen LogP contribution < -0.4 is 10.9 Å². The van der Waals surface area contributed by atoms with Gasteiger partial charge in [-0.1, -0.05) is 29.8 Å². The molecule has 0 spiro atoms. The number of anilines is 1. The van der Waals surface area contributed by atoms with E-state index in [0.717, 1.165) is 10.2 Å². The monoisotopic (exact) mass is 364 g/mol. The van der Waals surface area contributed by atoms with Gasteiger partial charge in [-0.2, -0.15) is 10.4 Å². The zero-order valence-corrected chi connectivity index (χ0v) is 14.3. The van der Waals surface area contributed by atoms with E-state index in [1.54, 1.807) is 54.6 Å². The SMILES string of the molecule is N#Cc1cccc(NC(=O)Cn2nc(-c3ccc(Cl)cc3)ccc2=O)c1. The Hall–Kier alpha value is -3.43. The molecule has 0 bridgehead atoms. The van der Waals surface area contributed by atoms with Gasteiger partial charge in [-0.25, -0.2) is 4.68 Å². The van der Waals surface area contributed by atoms with Crippen LogP contribution in [0.15, 0.2) is 65.5 Å². The first kappa shape index (κ1) is 17.4. The Kier molecular flexibility index (Phi) is 5.11. The van der Waals surface area contributed by atoms with E-state index in [1.807, 2.05) is 6.07 Å². The highest BCUT2D eigenvalue weighted by Crippen LogP contribution is 2.18. The first-order valence-electron chi connectivity index (χ1n) is 7.69. The maximum absolute atomic E-state index is 12.2. The molecule has 0 aliphatic rings. The Morgan fingerprint density at radius 3 is 2.65 bits per heavy atom. The van der Waals surface area contributed by atoms with Gasteiger partial charge in [-0.3, -0.25) is 9.59 Å².